The molecule has 0 bridgehead atoms. The summed E-state index contributed by atoms with van der Waals surface area (Å²) >= 11 is 5.82. The Bertz CT molecular complexity index is 687. The Morgan fingerprint density at radius 2 is 1.81 bits per heavy atom. The lowest BCUT2D eigenvalue weighted by atomic mass is 10.4. The fraction of sp³-hybridized carbons (Fsp3) is 0.455. The molecule has 0 spiro atoms. The van der Waals surface area contributed by atoms with Gasteiger partial charge in [0.25, 0.3) is 0 Å². The smallest absolute Gasteiger partial charge is 0.238 e. The van der Waals surface area contributed by atoms with Crippen molar-refractivity contribution in [3.05, 3.63) is 23.2 Å². The highest BCUT2D eigenvalue weighted by Crippen LogP contribution is 2.25. The molecule has 0 radical (unpaired) electrons. The van der Waals surface area contributed by atoms with Crippen LogP contribution in [0.3, 0.4) is 0 Å². The molecule has 0 aliphatic rings. The summed E-state index contributed by atoms with van der Waals surface area (Å²) in [6.45, 7) is 0.632. The Balaban J connectivity index is 2.85. The van der Waals surface area contributed by atoms with Gasteiger partial charge < -0.3 is 9.47 Å². The van der Waals surface area contributed by atoms with Gasteiger partial charge >= 0.3 is 0 Å². The van der Waals surface area contributed by atoms with Crippen LogP contribution >= 0.6 is 11.6 Å². The number of methoxy groups -OCH3 is 1. The quantitative estimate of drug-likeness (QED) is 0.675. The zero-order valence-corrected chi connectivity index (χ0v) is 13.7. The number of primary sulfonamides is 1. The zero-order chi connectivity index (χ0) is 16.1. The van der Waals surface area contributed by atoms with Crippen LogP contribution in [0, 0.1) is 0 Å². The van der Waals surface area contributed by atoms with Crippen molar-refractivity contribution < 1.29 is 26.3 Å². The average molecular weight is 358 g/mol. The third-order valence-electron chi connectivity index (χ3n) is 2.50. The number of hydrogen-bond donors (Lipinski definition) is 1. The first-order chi connectivity index (χ1) is 9.68. The Morgan fingerprint density at radius 3 is 2.33 bits per heavy atom. The third kappa shape index (κ3) is 5.53. The predicted molar refractivity (Wildman–Crippen MR) is 77.6 cm³/mol. The molecule has 1 aromatic rings. The van der Waals surface area contributed by atoms with Gasteiger partial charge in [-0.15, -0.1) is 0 Å². The highest BCUT2D eigenvalue weighted by atomic mass is 35.5. The lowest BCUT2D eigenvalue weighted by Gasteiger charge is -2.08. The summed E-state index contributed by atoms with van der Waals surface area (Å²) < 4.78 is 56.3. The largest absolute Gasteiger partial charge is 0.382 e. The number of sulfone groups is 1. The van der Waals surface area contributed by atoms with Gasteiger partial charge in [-0.1, -0.05) is 11.6 Å². The Morgan fingerprint density at radius 1 is 1.14 bits per heavy atom. The molecular formula is C11H16ClNO6S2. The minimum Gasteiger partial charge on any atom is -0.382 e. The second kappa shape index (κ2) is 7.52. The van der Waals surface area contributed by atoms with Crippen molar-refractivity contribution in [2.75, 3.05) is 32.7 Å². The Kier molecular flexibility index (Phi) is 6.57. The van der Waals surface area contributed by atoms with Crippen LogP contribution in [0.5, 0.6) is 0 Å². The van der Waals surface area contributed by atoms with Crippen molar-refractivity contribution in [2.45, 2.75) is 9.79 Å². The van der Waals surface area contributed by atoms with Crippen LogP contribution in [0.15, 0.2) is 28.0 Å². The van der Waals surface area contributed by atoms with Crippen molar-refractivity contribution in [1.82, 2.24) is 0 Å². The predicted octanol–water partition coefficient (Wildman–Crippen LogP) is 0.424. The van der Waals surface area contributed by atoms with Gasteiger partial charge in [-0.2, -0.15) is 0 Å². The van der Waals surface area contributed by atoms with E-state index in [0.29, 0.717) is 6.61 Å². The second-order valence-corrected chi connectivity index (χ2v) is 8.11. The number of hydrogen-bond acceptors (Lipinski definition) is 6. The van der Waals surface area contributed by atoms with E-state index < -0.39 is 19.9 Å². The first-order valence-corrected chi connectivity index (χ1v) is 9.38. The summed E-state index contributed by atoms with van der Waals surface area (Å²) in [5, 5.41) is 4.75. The highest BCUT2D eigenvalue weighted by molar-refractivity contribution is 7.91. The molecule has 1 aromatic carbocycles. The summed E-state index contributed by atoms with van der Waals surface area (Å²) in [5.74, 6) is -0.273. The molecular weight excluding hydrogens is 342 g/mol. The molecule has 0 unspecified atom stereocenters. The highest BCUT2D eigenvalue weighted by Gasteiger charge is 2.20. The van der Waals surface area contributed by atoms with Crippen LogP contribution in [-0.2, 0) is 29.3 Å². The molecule has 2 N–H and O–H groups in total. The maximum atomic E-state index is 12.1. The van der Waals surface area contributed by atoms with E-state index in [1.54, 1.807) is 0 Å². The first-order valence-electron chi connectivity index (χ1n) is 5.80. The number of nitrogens with two attached hydrogens (primary N) is 1. The van der Waals surface area contributed by atoms with Gasteiger partial charge in [0, 0.05) is 7.11 Å². The van der Waals surface area contributed by atoms with Gasteiger partial charge in [-0.25, -0.2) is 22.0 Å². The van der Waals surface area contributed by atoms with Gasteiger partial charge in [-0.05, 0) is 18.2 Å². The first kappa shape index (κ1) is 18.3. The molecule has 0 atom stereocenters. The lowest BCUT2D eigenvalue weighted by Crippen LogP contribution is -2.16. The lowest BCUT2D eigenvalue weighted by molar-refractivity contribution is 0.0785. The standard InChI is InChI=1S/C11H16ClNO6S2/c1-18-4-5-19-6-7-20(14,15)11-3-2-9(8-10(11)12)21(13,16)17/h2-3,8H,4-7H2,1H3,(H2,13,16,17). The summed E-state index contributed by atoms with van der Waals surface area (Å²) in [6, 6.07) is 3.22. The van der Waals surface area contributed by atoms with Gasteiger partial charge in [0.1, 0.15) is 0 Å². The van der Waals surface area contributed by atoms with E-state index in [1.165, 1.54) is 7.11 Å². The summed E-state index contributed by atoms with van der Waals surface area (Å²) in [7, 11) is -6.10. The van der Waals surface area contributed by atoms with Gasteiger partial charge in [0.05, 0.1) is 40.4 Å². The van der Waals surface area contributed by atoms with Crippen molar-refractivity contribution in [3.8, 4) is 0 Å². The van der Waals surface area contributed by atoms with Gasteiger partial charge in [-0.3, -0.25) is 0 Å². The van der Waals surface area contributed by atoms with Crippen LogP contribution in [0.25, 0.3) is 0 Å². The minimum absolute atomic E-state index is 0.0149. The molecule has 0 aliphatic carbocycles. The molecule has 10 heteroatoms. The van der Waals surface area contributed by atoms with E-state index in [9.17, 15) is 16.8 Å². The molecule has 0 amide bonds. The maximum absolute atomic E-state index is 12.1. The average Bonchev–Trinajstić information content (AvgIpc) is 2.37. The van der Waals surface area contributed by atoms with Crippen molar-refractivity contribution in [1.29, 1.82) is 0 Å². The molecule has 7 nitrogen and oxygen atoms in total. The summed E-state index contributed by atoms with van der Waals surface area (Å²) in [6.07, 6.45) is 0. The number of ether oxygens (including phenoxy) is 2. The van der Waals surface area contributed by atoms with Crippen LogP contribution in [0.4, 0.5) is 0 Å². The fourth-order valence-corrected chi connectivity index (χ4v) is 3.76. The van der Waals surface area contributed by atoms with E-state index in [2.05, 4.69) is 0 Å². The molecule has 1 rings (SSSR count). The Hall–Kier alpha value is -0.710. The number of rotatable bonds is 8. The molecule has 0 heterocycles. The van der Waals surface area contributed by atoms with E-state index in [0.717, 1.165) is 18.2 Å². The van der Waals surface area contributed by atoms with E-state index >= 15 is 0 Å². The van der Waals surface area contributed by atoms with Crippen molar-refractivity contribution in [2.24, 2.45) is 5.14 Å². The zero-order valence-electron chi connectivity index (χ0n) is 11.3. The SMILES string of the molecule is COCCOCCS(=O)(=O)c1ccc(S(N)(=O)=O)cc1Cl. The Labute approximate surface area is 129 Å². The number of halogens is 1. The number of benzene rings is 1. The van der Waals surface area contributed by atoms with Crippen LogP contribution in [-0.4, -0.2) is 49.5 Å². The second-order valence-electron chi connectivity index (χ2n) is 4.06. The normalized spacial score (nSPS) is 12.5. The van der Waals surface area contributed by atoms with E-state index in [1.807, 2.05) is 0 Å². The van der Waals surface area contributed by atoms with Crippen LogP contribution < -0.4 is 5.14 Å². The molecule has 0 fully saturated rings. The topological polar surface area (TPSA) is 113 Å². The van der Waals surface area contributed by atoms with Crippen molar-refractivity contribution >= 4 is 31.5 Å². The molecule has 0 saturated carbocycles. The monoisotopic (exact) mass is 357 g/mol. The van der Waals surface area contributed by atoms with Crippen LogP contribution in [0.1, 0.15) is 0 Å². The minimum atomic E-state index is -3.93. The van der Waals surface area contributed by atoms with E-state index in [4.69, 9.17) is 26.2 Å². The van der Waals surface area contributed by atoms with Gasteiger partial charge in [0.15, 0.2) is 9.84 Å². The van der Waals surface area contributed by atoms with Gasteiger partial charge in [0.2, 0.25) is 10.0 Å². The third-order valence-corrected chi connectivity index (χ3v) is 5.56. The summed E-state index contributed by atoms with van der Waals surface area (Å²) in [4.78, 5) is -0.408. The number of sulfonamides is 1. The molecule has 0 aliphatic heterocycles. The summed E-state index contributed by atoms with van der Waals surface area (Å²) in [5.41, 5.74) is 0. The molecule has 21 heavy (non-hydrogen) atoms. The molecule has 0 aromatic heterocycles. The van der Waals surface area contributed by atoms with Crippen molar-refractivity contribution in [3.63, 3.8) is 0 Å². The van der Waals surface area contributed by atoms with E-state index in [-0.39, 0.29) is 33.8 Å². The molecule has 120 valence electrons. The fourth-order valence-electron chi connectivity index (χ4n) is 1.43. The molecule has 0 saturated heterocycles. The van der Waals surface area contributed by atoms with Crippen LogP contribution in [0.2, 0.25) is 5.02 Å². The maximum Gasteiger partial charge on any atom is 0.238 e.